The van der Waals surface area contributed by atoms with Gasteiger partial charge >= 0.3 is 5.97 Å². The van der Waals surface area contributed by atoms with Crippen LogP contribution in [0.15, 0.2) is 46.6 Å². The predicted octanol–water partition coefficient (Wildman–Crippen LogP) is 6.70. The first kappa shape index (κ1) is 22.4. The molecule has 0 aromatic rings. The molecule has 2 nitrogen and oxygen atoms in total. The monoisotopic (exact) mass is 332 g/mol. The molecule has 0 aromatic heterocycles. The lowest BCUT2D eigenvalue weighted by Crippen LogP contribution is -2.00. The number of hydrogen-bond donors (Lipinski definition) is 0. The first-order chi connectivity index (χ1) is 11.3. The van der Waals surface area contributed by atoms with E-state index in [0.29, 0.717) is 6.61 Å². The Morgan fingerprint density at radius 1 is 0.750 bits per heavy atom. The maximum absolute atomic E-state index is 11.3. The topological polar surface area (TPSA) is 26.3 Å². The minimum absolute atomic E-state index is 0.232. The van der Waals surface area contributed by atoms with E-state index in [1.165, 1.54) is 16.7 Å². The molecule has 0 aliphatic carbocycles. The average Bonchev–Trinajstić information content (AvgIpc) is 2.46. The van der Waals surface area contributed by atoms with Crippen LogP contribution in [0.1, 0.15) is 80.1 Å². The molecule has 0 aromatic carbocycles. The van der Waals surface area contributed by atoms with Crippen LogP contribution >= 0.6 is 0 Å². The first-order valence-corrected chi connectivity index (χ1v) is 9.13. The highest BCUT2D eigenvalue weighted by atomic mass is 16.5. The Morgan fingerprint density at radius 2 is 1.21 bits per heavy atom. The number of allylic oxidation sites excluding steroid dienone is 7. The average molecular weight is 333 g/mol. The number of carbonyl (C=O) groups excluding carboxylic acids is 1. The van der Waals surface area contributed by atoms with Gasteiger partial charge in [0.25, 0.3) is 0 Å². The summed E-state index contributed by atoms with van der Waals surface area (Å²) in [6.45, 7) is 13.0. The van der Waals surface area contributed by atoms with Crippen LogP contribution in [0.3, 0.4) is 0 Å². The molecule has 0 heterocycles. The van der Waals surface area contributed by atoms with Crippen molar-refractivity contribution in [1.82, 2.24) is 0 Å². The zero-order chi connectivity index (χ0) is 18.4. The fraction of sp³-hybridized carbons (Fsp3) is 0.591. The molecule has 0 radical (unpaired) electrons. The molecule has 2 heteroatoms. The van der Waals surface area contributed by atoms with E-state index in [0.717, 1.165) is 44.1 Å². The van der Waals surface area contributed by atoms with E-state index in [4.69, 9.17) is 4.74 Å². The number of hydrogen-bond acceptors (Lipinski definition) is 2. The molecule has 0 N–H and O–H groups in total. The third kappa shape index (κ3) is 14.0. The third-order valence-electron chi connectivity index (χ3n) is 3.81. The van der Waals surface area contributed by atoms with E-state index in [1.807, 2.05) is 13.8 Å². The Kier molecular flexibility index (Phi) is 12.9. The fourth-order valence-electron chi connectivity index (χ4n) is 2.34. The van der Waals surface area contributed by atoms with Crippen LogP contribution in [-0.4, -0.2) is 12.6 Å². The number of esters is 1. The Bertz CT molecular complexity index is 486. The van der Waals surface area contributed by atoms with Gasteiger partial charge in [0.2, 0.25) is 0 Å². The quantitative estimate of drug-likeness (QED) is 0.239. The van der Waals surface area contributed by atoms with Crippen molar-refractivity contribution in [2.75, 3.05) is 6.61 Å². The van der Waals surface area contributed by atoms with Crippen molar-refractivity contribution in [1.29, 1.82) is 0 Å². The lowest BCUT2D eigenvalue weighted by molar-refractivity contribution is -0.137. The Labute approximate surface area is 149 Å². The summed E-state index contributed by atoms with van der Waals surface area (Å²) in [5, 5.41) is 0. The molecule has 0 amide bonds. The van der Waals surface area contributed by atoms with Crippen LogP contribution in [0.2, 0.25) is 0 Å². The summed E-state index contributed by atoms with van der Waals surface area (Å²) in [5.74, 6) is -0.232. The molecule has 0 aliphatic rings. The van der Waals surface area contributed by atoms with Crippen molar-refractivity contribution in [3.63, 3.8) is 0 Å². The van der Waals surface area contributed by atoms with E-state index in [-0.39, 0.29) is 5.97 Å². The minimum Gasteiger partial charge on any atom is -0.463 e. The standard InChI is InChI=1S/C22H36O2/c1-7-24-22(23)17-21(6)16-10-15-20(5)14-9-13-19(4)12-8-11-18(2)3/h11,13,15,17H,7-10,12,14,16H2,1-6H3. The second-order valence-corrected chi connectivity index (χ2v) is 6.74. The molecule has 0 bridgehead atoms. The van der Waals surface area contributed by atoms with Crippen LogP contribution in [0, 0.1) is 0 Å². The van der Waals surface area contributed by atoms with E-state index in [9.17, 15) is 4.79 Å². The van der Waals surface area contributed by atoms with Gasteiger partial charge in [0.1, 0.15) is 0 Å². The van der Waals surface area contributed by atoms with Crippen LogP contribution in [0.5, 0.6) is 0 Å². The second kappa shape index (κ2) is 13.8. The van der Waals surface area contributed by atoms with Crippen molar-refractivity contribution in [2.24, 2.45) is 0 Å². The van der Waals surface area contributed by atoms with Crippen LogP contribution in [0.25, 0.3) is 0 Å². The molecule has 0 fully saturated rings. The molecule has 0 atom stereocenters. The van der Waals surface area contributed by atoms with Crippen molar-refractivity contribution in [2.45, 2.75) is 80.1 Å². The normalized spacial score (nSPS) is 13.0. The third-order valence-corrected chi connectivity index (χ3v) is 3.81. The van der Waals surface area contributed by atoms with Crippen LogP contribution in [-0.2, 0) is 9.53 Å². The summed E-state index contributed by atoms with van der Waals surface area (Å²) in [6, 6.07) is 0. The summed E-state index contributed by atoms with van der Waals surface area (Å²) >= 11 is 0. The Balaban J connectivity index is 4.06. The smallest absolute Gasteiger partial charge is 0.330 e. The van der Waals surface area contributed by atoms with Gasteiger partial charge in [-0.1, -0.05) is 40.5 Å². The highest BCUT2D eigenvalue weighted by Crippen LogP contribution is 2.13. The summed E-state index contributed by atoms with van der Waals surface area (Å²) in [5.41, 5.74) is 5.38. The van der Waals surface area contributed by atoms with Crippen molar-refractivity contribution in [3.8, 4) is 0 Å². The van der Waals surface area contributed by atoms with Crippen molar-refractivity contribution in [3.05, 3.63) is 46.6 Å². The van der Waals surface area contributed by atoms with E-state index >= 15 is 0 Å². The number of rotatable bonds is 11. The fourth-order valence-corrected chi connectivity index (χ4v) is 2.34. The summed E-state index contributed by atoms with van der Waals surface area (Å²) in [6.07, 6.45) is 15.0. The Morgan fingerprint density at radius 3 is 1.67 bits per heavy atom. The maximum atomic E-state index is 11.3. The van der Waals surface area contributed by atoms with Gasteiger partial charge in [-0.15, -0.1) is 0 Å². The van der Waals surface area contributed by atoms with E-state index in [2.05, 4.69) is 45.9 Å². The molecule has 0 aliphatic heterocycles. The molecule has 0 saturated carbocycles. The van der Waals surface area contributed by atoms with Gasteiger partial charge in [-0.3, -0.25) is 0 Å². The first-order valence-electron chi connectivity index (χ1n) is 9.13. The summed E-state index contributed by atoms with van der Waals surface area (Å²) in [7, 11) is 0. The molecule has 0 unspecified atom stereocenters. The second-order valence-electron chi connectivity index (χ2n) is 6.74. The lowest BCUT2D eigenvalue weighted by Gasteiger charge is -2.03. The summed E-state index contributed by atoms with van der Waals surface area (Å²) in [4.78, 5) is 11.3. The van der Waals surface area contributed by atoms with Gasteiger partial charge in [0, 0.05) is 6.08 Å². The molecule has 0 spiro atoms. The van der Waals surface area contributed by atoms with Gasteiger partial charge in [0.15, 0.2) is 0 Å². The summed E-state index contributed by atoms with van der Waals surface area (Å²) < 4.78 is 4.92. The zero-order valence-electron chi connectivity index (χ0n) is 16.6. The molecule has 0 saturated heterocycles. The minimum atomic E-state index is -0.232. The predicted molar refractivity (Wildman–Crippen MR) is 105 cm³/mol. The molecule has 136 valence electrons. The van der Waals surface area contributed by atoms with Gasteiger partial charge < -0.3 is 4.74 Å². The highest BCUT2D eigenvalue weighted by molar-refractivity contribution is 5.82. The molecule has 0 rings (SSSR count). The molecule has 24 heavy (non-hydrogen) atoms. The Hall–Kier alpha value is -1.57. The van der Waals surface area contributed by atoms with E-state index in [1.54, 1.807) is 6.08 Å². The maximum Gasteiger partial charge on any atom is 0.330 e. The van der Waals surface area contributed by atoms with Gasteiger partial charge in [-0.25, -0.2) is 4.79 Å². The van der Waals surface area contributed by atoms with Crippen LogP contribution in [0.4, 0.5) is 0 Å². The van der Waals surface area contributed by atoms with E-state index < -0.39 is 0 Å². The number of carbonyl (C=O) groups is 1. The van der Waals surface area contributed by atoms with Crippen molar-refractivity contribution >= 4 is 5.97 Å². The van der Waals surface area contributed by atoms with Gasteiger partial charge in [-0.05, 0) is 80.1 Å². The lowest BCUT2D eigenvalue weighted by atomic mass is 10.0. The number of ether oxygens (including phenoxy) is 1. The largest absolute Gasteiger partial charge is 0.463 e. The highest BCUT2D eigenvalue weighted by Gasteiger charge is 1.98. The van der Waals surface area contributed by atoms with Crippen LogP contribution < -0.4 is 0 Å². The molecular formula is C22H36O2. The van der Waals surface area contributed by atoms with Crippen molar-refractivity contribution < 1.29 is 9.53 Å². The molecular weight excluding hydrogens is 296 g/mol. The zero-order valence-corrected chi connectivity index (χ0v) is 16.6. The van der Waals surface area contributed by atoms with Gasteiger partial charge in [-0.2, -0.15) is 0 Å². The SMILES string of the molecule is CCOC(=O)C=C(C)CCC=C(C)CCC=C(C)CCC=C(C)C. The van der Waals surface area contributed by atoms with Gasteiger partial charge in [0.05, 0.1) is 6.61 Å².